The van der Waals surface area contributed by atoms with Crippen LogP contribution in [0.5, 0.6) is 0 Å². The van der Waals surface area contributed by atoms with Gasteiger partial charge < -0.3 is 5.32 Å². The van der Waals surface area contributed by atoms with Crippen molar-refractivity contribution in [2.45, 2.75) is 80.4 Å². The van der Waals surface area contributed by atoms with Gasteiger partial charge in [0.1, 0.15) is 0 Å². The number of amides is 1. The fourth-order valence-corrected chi connectivity index (χ4v) is 7.34. The molecule has 5 nitrogen and oxygen atoms in total. The molecular weight excluding hydrogens is 372 g/mol. The van der Waals surface area contributed by atoms with Crippen molar-refractivity contribution in [2.75, 3.05) is 13.1 Å². The molecule has 3 aliphatic carbocycles. The Bertz CT molecular complexity index is 866. The quantitative estimate of drug-likeness (QED) is 0.823. The van der Waals surface area contributed by atoms with E-state index in [1.807, 2.05) is 0 Å². The number of benzene rings is 1. The van der Waals surface area contributed by atoms with Gasteiger partial charge in [0.2, 0.25) is 15.9 Å². The van der Waals surface area contributed by atoms with E-state index >= 15 is 0 Å². The maximum absolute atomic E-state index is 12.6. The molecule has 6 heteroatoms. The number of hydrogen-bond donors (Lipinski definition) is 1. The van der Waals surface area contributed by atoms with Crippen molar-refractivity contribution in [2.24, 2.45) is 0 Å². The Labute approximate surface area is 167 Å². The van der Waals surface area contributed by atoms with Gasteiger partial charge in [-0.25, -0.2) is 12.7 Å². The number of nitrogens with one attached hydrogen (secondary N) is 1. The summed E-state index contributed by atoms with van der Waals surface area (Å²) in [4.78, 5) is 12.6. The zero-order chi connectivity index (χ0) is 19.4. The second-order valence-corrected chi connectivity index (χ2v) is 11.5. The third-order valence-electron chi connectivity index (χ3n) is 7.50. The van der Waals surface area contributed by atoms with E-state index in [4.69, 9.17) is 0 Å². The first-order valence-electron chi connectivity index (χ1n) is 10.9. The SMILES string of the molecule is O=C(C[C@@H]1CC2(CCN(S(=O)(=O)C3CC3)CC2)c2ccccc21)NC1CCC1. The third kappa shape index (κ3) is 3.18. The molecule has 2 saturated carbocycles. The first-order valence-corrected chi connectivity index (χ1v) is 12.4. The maximum atomic E-state index is 12.6. The van der Waals surface area contributed by atoms with Crippen LogP contribution in [0.2, 0.25) is 0 Å². The van der Waals surface area contributed by atoms with Crippen LogP contribution in [0, 0.1) is 0 Å². The van der Waals surface area contributed by atoms with Crippen LogP contribution in [0.1, 0.15) is 74.8 Å². The van der Waals surface area contributed by atoms with Gasteiger partial charge in [0.25, 0.3) is 0 Å². The molecule has 1 atom stereocenters. The molecule has 1 aliphatic heterocycles. The monoisotopic (exact) mass is 402 g/mol. The Balaban J connectivity index is 1.31. The fourth-order valence-electron chi connectivity index (χ4n) is 5.49. The summed E-state index contributed by atoms with van der Waals surface area (Å²) in [6.45, 7) is 1.24. The van der Waals surface area contributed by atoms with E-state index in [2.05, 4.69) is 29.6 Å². The van der Waals surface area contributed by atoms with Crippen LogP contribution in [0.3, 0.4) is 0 Å². The number of nitrogens with zero attached hydrogens (tertiary/aromatic N) is 1. The number of carbonyl (C=O) groups is 1. The largest absolute Gasteiger partial charge is 0.353 e. The molecule has 1 N–H and O–H groups in total. The van der Waals surface area contributed by atoms with Crippen LogP contribution < -0.4 is 5.32 Å². The molecule has 0 unspecified atom stereocenters. The minimum absolute atomic E-state index is 0.0353. The molecule has 3 fully saturated rings. The van der Waals surface area contributed by atoms with Crippen LogP contribution in [0.25, 0.3) is 0 Å². The number of rotatable bonds is 5. The predicted octanol–water partition coefficient (Wildman–Crippen LogP) is 3.06. The molecule has 28 heavy (non-hydrogen) atoms. The molecule has 0 aromatic heterocycles. The molecule has 1 saturated heterocycles. The summed E-state index contributed by atoms with van der Waals surface area (Å²) in [5.41, 5.74) is 2.71. The van der Waals surface area contributed by atoms with Crippen LogP contribution in [0.15, 0.2) is 24.3 Å². The van der Waals surface area contributed by atoms with Crippen LogP contribution in [-0.2, 0) is 20.2 Å². The van der Waals surface area contributed by atoms with Gasteiger partial charge in [0.15, 0.2) is 0 Å². The van der Waals surface area contributed by atoms with E-state index in [1.54, 1.807) is 4.31 Å². The predicted molar refractivity (Wildman–Crippen MR) is 109 cm³/mol. The molecule has 1 aromatic carbocycles. The Morgan fingerprint density at radius 1 is 1.11 bits per heavy atom. The van der Waals surface area contributed by atoms with Crippen molar-refractivity contribution in [1.29, 1.82) is 0 Å². The average Bonchev–Trinajstić information content (AvgIpc) is 3.47. The minimum Gasteiger partial charge on any atom is -0.353 e. The van der Waals surface area contributed by atoms with E-state index in [1.165, 1.54) is 17.5 Å². The first kappa shape index (κ1) is 18.6. The minimum atomic E-state index is -3.09. The van der Waals surface area contributed by atoms with Crippen molar-refractivity contribution in [3.63, 3.8) is 0 Å². The molecule has 0 bridgehead atoms. The lowest BCUT2D eigenvalue weighted by Crippen LogP contribution is -2.45. The van der Waals surface area contributed by atoms with Gasteiger partial charge in [-0.1, -0.05) is 24.3 Å². The fraction of sp³-hybridized carbons (Fsp3) is 0.682. The Morgan fingerprint density at radius 2 is 1.82 bits per heavy atom. The van der Waals surface area contributed by atoms with Crippen molar-refractivity contribution in [3.05, 3.63) is 35.4 Å². The lowest BCUT2D eigenvalue weighted by molar-refractivity contribution is -0.122. The summed E-state index contributed by atoms with van der Waals surface area (Å²) >= 11 is 0. The topological polar surface area (TPSA) is 66.5 Å². The van der Waals surface area contributed by atoms with Gasteiger partial charge in [0.05, 0.1) is 5.25 Å². The summed E-state index contributed by atoms with van der Waals surface area (Å²) in [5, 5.41) is 3.06. The Kier molecular flexibility index (Phi) is 4.55. The third-order valence-corrected chi connectivity index (χ3v) is 9.90. The lowest BCUT2D eigenvalue weighted by atomic mass is 9.73. The second kappa shape index (κ2) is 6.84. The van der Waals surface area contributed by atoms with Gasteiger partial charge in [0, 0.05) is 25.6 Å². The smallest absolute Gasteiger partial charge is 0.220 e. The van der Waals surface area contributed by atoms with Gasteiger partial charge in [-0.3, -0.25) is 4.79 Å². The van der Waals surface area contributed by atoms with E-state index in [0.717, 1.165) is 44.9 Å². The lowest BCUT2D eigenvalue weighted by Gasteiger charge is -2.40. The van der Waals surface area contributed by atoms with Crippen molar-refractivity contribution in [1.82, 2.24) is 9.62 Å². The molecule has 1 spiro atoms. The number of carbonyl (C=O) groups excluding carboxylic acids is 1. The summed E-state index contributed by atoms with van der Waals surface area (Å²) in [7, 11) is -3.09. The molecule has 0 radical (unpaired) electrons. The number of fused-ring (bicyclic) bond motifs is 2. The molecule has 5 rings (SSSR count). The van der Waals surface area contributed by atoms with E-state index < -0.39 is 10.0 Å². The van der Waals surface area contributed by atoms with E-state index in [0.29, 0.717) is 25.6 Å². The molecule has 1 heterocycles. The average molecular weight is 403 g/mol. The van der Waals surface area contributed by atoms with Crippen LogP contribution in [-0.4, -0.2) is 43.0 Å². The van der Waals surface area contributed by atoms with Gasteiger partial charge in [-0.15, -0.1) is 0 Å². The molecular formula is C22H30N2O3S. The molecule has 1 amide bonds. The van der Waals surface area contributed by atoms with Crippen LogP contribution >= 0.6 is 0 Å². The summed E-state index contributed by atoms with van der Waals surface area (Å²) < 4.78 is 27.0. The summed E-state index contributed by atoms with van der Waals surface area (Å²) in [6, 6.07) is 8.93. The number of hydrogen-bond acceptors (Lipinski definition) is 3. The Hall–Kier alpha value is -1.40. The molecule has 152 valence electrons. The number of sulfonamides is 1. The number of piperidine rings is 1. The zero-order valence-corrected chi connectivity index (χ0v) is 17.2. The first-order chi connectivity index (χ1) is 13.5. The van der Waals surface area contributed by atoms with Gasteiger partial charge in [-0.2, -0.15) is 0 Å². The summed E-state index contributed by atoms with van der Waals surface area (Å²) in [5.74, 6) is 0.429. The van der Waals surface area contributed by atoms with Crippen molar-refractivity contribution >= 4 is 15.9 Å². The van der Waals surface area contributed by atoms with Crippen molar-refractivity contribution < 1.29 is 13.2 Å². The standard InChI is InChI=1S/C22H30N2O3S/c25-21(23-17-4-3-5-17)14-16-15-22(20-7-2-1-6-19(16)20)10-12-24(13-11-22)28(26,27)18-8-9-18/h1-2,6-7,16-18H,3-5,8-15H2,(H,23,25)/t16-/m1/s1. The Morgan fingerprint density at radius 3 is 2.46 bits per heavy atom. The highest BCUT2D eigenvalue weighted by molar-refractivity contribution is 7.90. The zero-order valence-electron chi connectivity index (χ0n) is 16.4. The molecule has 1 aromatic rings. The summed E-state index contributed by atoms with van der Waals surface area (Å²) in [6.07, 6.45) is 8.37. The highest BCUT2D eigenvalue weighted by Gasteiger charge is 2.49. The van der Waals surface area contributed by atoms with Gasteiger partial charge in [-0.05, 0) is 73.8 Å². The van der Waals surface area contributed by atoms with Gasteiger partial charge >= 0.3 is 0 Å². The van der Waals surface area contributed by atoms with Crippen LogP contribution in [0.4, 0.5) is 0 Å². The van der Waals surface area contributed by atoms with E-state index in [9.17, 15) is 13.2 Å². The second-order valence-electron chi connectivity index (χ2n) is 9.31. The normalized spacial score (nSPS) is 27.4. The maximum Gasteiger partial charge on any atom is 0.220 e. The van der Waals surface area contributed by atoms with Crippen molar-refractivity contribution in [3.8, 4) is 0 Å². The highest BCUT2D eigenvalue weighted by Crippen LogP contribution is 2.53. The molecule has 4 aliphatic rings. The van der Waals surface area contributed by atoms with E-state index in [-0.39, 0.29) is 22.5 Å². The highest BCUT2D eigenvalue weighted by atomic mass is 32.2.